The SMILES string of the molecule is Cc1[nH]c(=S)sc1CC(=O)Nc1ncc(Cc2ccccc2Cl)s1. The van der Waals surface area contributed by atoms with Crippen molar-refractivity contribution >= 4 is 57.5 Å². The van der Waals surface area contributed by atoms with E-state index < -0.39 is 0 Å². The van der Waals surface area contributed by atoms with E-state index in [4.69, 9.17) is 23.8 Å². The van der Waals surface area contributed by atoms with Gasteiger partial charge in [0.15, 0.2) is 9.09 Å². The first-order valence-electron chi connectivity index (χ1n) is 7.18. The lowest BCUT2D eigenvalue weighted by atomic mass is 10.1. The summed E-state index contributed by atoms with van der Waals surface area (Å²) in [5.41, 5.74) is 1.99. The Kier molecular flexibility index (Phi) is 5.45. The van der Waals surface area contributed by atoms with Crippen LogP contribution < -0.4 is 5.32 Å². The zero-order valence-corrected chi connectivity index (χ0v) is 16.0. The lowest BCUT2D eigenvalue weighted by Crippen LogP contribution is -2.13. The van der Waals surface area contributed by atoms with Crippen LogP contribution in [0.1, 0.15) is 21.0 Å². The second kappa shape index (κ2) is 7.57. The lowest BCUT2D eigenvalue weighted by molar-refractivity contribution is -0.115. The summed E-state index contributed by atoms with van der Waals surface area (Å²) in [5.74, 6) is -0.0954. The summed E-state index contributed by atoms with van der Waals surface area (Å²) in [4.78, 5) is 21.5. The van der Waals surface area contributed by atoms with Gasteiger partial charge in [-0.1, -0.05) is 29.8 Å². The van der Waals surface area contributed by atoms with E-state index in [2.05, 4.69) is 15.3 Å². The molecular weight excluding hydrogens is 382 g/mol. The van der Waals surface area contributed by atoms with Gasteiger partial charge in [0.2, 0.25) is 5.91 Å². The summed E-state index contributed by atoms with van der Waals surface area (Å²) >= 11 is 14.2. The summed E-state index contributed by atoms with van der Waals surface area (Å²) < 4.78 is 0.687. The Morgan fingerprint density at radius 2 is 2.17 bits per heavy atom. The van der Waals surface area contributed by atoms with Crippen LogP contribution in [0, 0.1) is 10.9 Å². The van der Waals surface area contributed by atoms with E-state index >= 15 is 0 Å². The van der Waals surface area contributed by atoms with Gasteiger partial charge in [-0.25, -0.2) is 4.98 Å². The number of carbonyl (C=O) groups excluding carboxylic acids is 1. The lowest BCUT2D eigenvalue weighted by Gasteiger charge is -2.01. The van der Waals surface area contributed by atoms with Crippen LogP contribution in [0.4, 0.5) is 5.13 Å². The molecule has 0 fully saturated rings. The molecule has 0 bridgehead atoms. The number of nitrogens with one attached hydrogen (secondary N) is 2. The number of hydrogen-bond acceptors (Lipinski definition) is 5. The highest BCUT2D eigenvalue weighted by Gasteiger charge is 2.11. The number of hydrogen-bond donors (Lipinski definition) is 2. The van der Waals surface area contributed by atoms with Crippen LogP contribution in [0.15, 0.2) is 30.5 Å². The predicted octanol–water partition coefficient (Wildman–Crippen LogP) is 5.00. The number of halogens is 1. The van der Waals surface area contributed by atoms with Crippen molar-refractivity contribution in [2.24, 2.45) is 0 Å². The van der Waals surface area contributed by atoms with E-state index in [0.29, 0.717) is 21.9 Å². The summed E-state index contributed by atoms with van der Waals surface area (Å²) in [6.45, 7) is 1.92. The highest BCUT2D eigenvalue weighted by Crippen LogP contribution is 2.25. The average Bonchev–Trinajstić information content (AvgIpc) is 3.08. The molecular formula is C16H14ClN3OS3. The first-order chi connectivity index (χ1) is 11.5. The van der Waals surface area contributed by atoms with Crippen molar-refractivity contribution in [3.05, 3.63) is 60.5 Å². The van der Waals surface area contributed by atoms with Gasteiger partial charge in [-0.3, -0.25) is 4.79 Å². The third kappa shape index (κ3) is 4.30. The van der Waals surface area contributed by atoms with Crippen LogP contribution in [0.25, 0.3) is 0 Å². The van der Waals surface area contributed by atoms with Crippen LogP contribution in [0.2, 0.25) is 5.02 Å². The predicted molar refractivity (Wildman–Crippen MR) is 103 cm³/mol. The molecule has 0 aliphatic carbocycles. The largest absolute Gasteiger partial charge is 0.341 e. The molecule has 3 rings (SSSR count). The quantitative estimate of drug-likeness (QED) is 0.598. The zero-order valence-electron chi connectivity index (χ0n) is 12.8. The van der Waals surface area contributed by atoms with E-state index in [9.17, 15) is 4.79 Å². The van der Waals surface area contributed by atoms with Crippen molar-refractivity contribution in [2.45, 2.75) is 19.8 Å². The van der Waals surface area contributed by atoms with Gasteiger partial charge < -0.3 is 10.3 Å². The first-order valence-corrected chi connectivity index (χ1v) is 9.59. The molecule has 1 amide bonds. The Morgan fingerprint density at radius 3 is 2.88 bits per heavy atom. The van der Waals surface area contributed by atoms with Crippen LogP contribution >= 0.6 is 46.5 Å². The van der Waals surface area contributed by atoms with Crippen molar-refractivity contribution in [1.29, 1.82) is 0 Å². The van der Waals surface area contributed by atoms with Gasteiger partial charge >= 0.3 is 0 Å². The number of benzene rings is 1. The average molecular weight is 396 g/mol. The molecule has 4 nitrogen and oxygen atoms in total. The van der Waals surface area contributed by atoms with Gasteiger partial charge in [0.25, 0.3) is 0 Å². The van der Waals surface area contributed by atoms with Crippen molar-refractivity contribution in [2.75, 3.05) is 5.32 Å². The minimum Gasteiger partial charge on any atom is -0.341 e. The second-order valence-electron chi connectivity index (χ2n) is 5.19. The number of aryl methyl sites for hydroxylation is 1. The monoisotopic (exact) mass is 395 g/mol. The minimum atomic E-state index is -0.0954. The summed E-state index contributed by atoms with van der Waals surface area (Å²) in [5, 5.41) is 4.17. The fraction of sp³-hybridized carbons (Fsp3) is 0.188. The van der Waals surface area contributed by atoms with Gasteiger partial charge in [0.1, 0.15) is 0 Å². The number of aromatic amines is 1. The van der Waals surface area contributed by atoms with Crippen LogP contribution in [-0.4, -0.2) is 15.9 Å². The third-order valence-corrected chi connectivity index (χ3v) is 5.99. The maximum atomic E-state index is 12.2. The van der Waals surface area contributed by atoms with Crippen molar-refractivity contribution in [1.82, 2.24) is 9.97 Å². The Hall–Kier alpha value is -1.54. The molecule has 24 heavy (non-hydrogen) atoms. The molecule has 3 aromatic rings. The number of amides is 1. The number of rotatable bonds is 5. The Balaban J connectivity index is 1.63. The molecule has 0 unspecified atom stereocenters. The normalized spacial score (nSPS) is 10.8. The first kappa shape index (κ1) is 17.3. The molecule has 1 aromatic carbocycles. The molecule has 2 aromatic heterocycles. The van der Waals surface area contributed by atoms with E-state index in [-0.39, 0.29) is 5.91 Å². The van der Waals surface area contributed by atoms with E-state index in [1.807, 2.05) is 31.2 Å². The number of carbonyl (C=O) groups is 1. The highest BCUT2D eigenvalue weighted by atomic mass is 35.5. The van der Waals surface area contributed by atoms with Crippen LogP contribution in [0.5, 0.6) is 0 Å². The summed E-state index contributed by atoms with van der Waals surface area (Å²) in [6.07, 6.45) is 2.77. The molecule has 0 radical (unpaired) electrons. The number of anilines is 1. The van der Waals surface area contributed by atoms with E-state index in [1.54, 1.807) is 6.20 Å². The fourth-order valence-electron chi connectivity index (χ4n) is 2.19. The van der Waals surface area contributed by atoms with Gasteiger partial charge in [0, 0.05) is 33.1 Å². The van der Waals surface area contributed by atoms with E-state index in [1.165, 1.54) is 22.7 Å². The van der Waals surface area contributed by atoms with Gasteiger partial charge in [-0.15, -0.1) is 22.7 Å². The molecule has 0 aliphatic rings. The zero-order chi connectivity index (χ0) is 17.1. The molecule has 0 saturated carbocycles. The topological polar surface area (TPSA) is 57.8 Å². The van der Waals surface area contributed by atoms with Crippen molar-refractivity contribution in [3.8, 4) is 0 Å². The number of thiazole rings is 2. The van der Waals surface area contributed by atoms with Gasteiger partial charge in [-0.2, -0.15) is 0 Å². The molecule has 124 valence electrons. The number of H-pyrrole nitrogens is 1. The smallest absolute Gasteiger partial charge is 0.231 e. The Bertz CT molecular complexity index is 929. The standard InChI is InChI=1S/C16H14ClN3OS3/c1-9-13(24-16(22)19-9)7-14(21)20-15-18-8-11(23-15)6-10-4-2-3-5-12(10)17/h2-5,8H,6-7H2,1H3,(H,19,22)(H,18,20,21). The van der Waals surface area contributed by atoms with Gasteiger partial charge in [-0.05, 0) is 30.8 Å². The number of nitrogens with zero attached hydrogens (tertiary/aromatic N) is 1. The molecule has 2 heterocycles. The van der Waals surface area contributed by atoms with E-state index in [0.717, 1.165) is 26.0 Å². The molecule has 2 N–H and O–H groups in total. The maximum Gasteiger partial charge on any atom is 0.231 e. The molecule has 8 heteroatoms. The van der Waals surface area contributed by atoms with Crippen molar-refractivity contribution in [3.63, 3.8) is 0 Å². The third-order valence-electron chi connectivity index (χ3n) is 3.37. The Morgan fingerprint density at radius 1 is 1.38 bits per heavy atom. The molecule has 0 atom stereocenters. The molecule has 0 spiro atoms. The maximum absolute atomic E-state index is 12.2. The van der Waals surface area contributed by atoms with Crippen LogP contribution in [0.3, 0.4) is 0 Å². The summed E-state index contributed by atoms with van der Waals surface area (Å²) in [7, 11) is 0. The highest BCUT2D eigenvalue weighted by molar-refractivity contribution is 7.73. The minimum absolute atomic E-state index is 0.0954. The Labute approximate surface area is 157 Å². The van der Waals surface area contributed by atoms with Crippen molar-refractivity contribution < 1.29 is 4.79 Å². The molecule has 0 aliphatic heterocycles. The fourth-order valence-corrected chi connectivity index (χ4v) is 4.54. The van der Waals surface area contributed by atoms with Gasteiger partial charge in [0.05, 0.1) is 6.42 Å². The van der Waals surface area contributed by atoms with Crippen LogP contribution in [-0.2, 0) is 17.6 Å². The molecule has 0 saturated heterocycles. The number of aromatic nitrogens is 2. The second-order valence-corrected chi connectivity index (χ2v) is 8.48. The summed E-state index contributed by atoms with van der Waals surface area (Å²) in [6, 6.07) is 7.72.